The summed E-state index contributed by atoms with van der Waals surface area (Å²) in [6.45, 7) is 0. The van der Waals surface area contributed by atoms with Gasteiger partial charge < -0.3 is 30.0 Å². The van der Waals surface area contributed by atoms with Crippen molar-refractivity contribution in [3.05, 3.63) is 35.5 Å². The van der Waals surface area contributed by atoms with E-state index in [0.29, 0.717) is 10.5 Å². The first-order chi connectivity index (χ1) is 10.9. The second-order valence-corrected chi connectivity index (χ2v) is 5.62. The second kappa shape index (κ2) is 5.99. The predicted molar refractivity (Wildman–Crippen MR) is 77.8 cm³/mol. The van der Waals surface area contributed by atoms with E-state index >= 15 is 0 Å². The Kier molecular flexibility index (Phi) is 4.17. The summed E-state index contributed by atoms with van der Waals surface area (Å²) < 4.78 is 6.31. The summed E-state index contributed by atoms with van der Waals surface area (Å²) in [6, 6.07) is 6.79. The summed E-state index contributed by atoms with van der Waals surface area (Å²) in [4.78, 5) is 16.5. The Hall–Kier alpha value is -1.84. The number of ether oxygens (including phenoxy) is 1. The Morgan fingerprint density at radius 3 is 2.61 bits per heavy atom. The van der Waals surface area contributed by atoms with Crippen LogP contribution >= 0.6 is 11.6 Å². The lowest BCUT2D eigenvalue weighted by Gasteiger charge is -2.38. The molecule has 0 spiro atoms. The quantitative estimate of drug-likeness (QED) is 0.599. The number of aromatic nitrogens is 1. The molecule has 1 aliphatic rings. The van der Waals surface area contributed by atoms with Gasteiger partial charge in [-0.2, -0.15) is 4.73 Å². The van der Waals surface area contributed by atoms with Crippen molar-refractivity contribution < 1.29 is 34.8 Å². The summed E-state index contributed by atoms with van der Waals surface area (Å²) in [5.74, 6) is -1.47. The number of aliphatic hydroxyl groups excluding tert-OH is 3. The Labute approximate surface area is 135 Å². The molecule has 0 bridgehead atoms. The molecule has 1 aromatic heterocycles. The van der Waals surface area contributed by atoms with Gasteiger partial charge in [-0.1, -0.05) is 17.7 Å². The van der Waals surface area contributed by atoms with Crippen LogP contribution in [0.25, 0.3) is 10.9 Å². The highest BCUT2D eigenvalue weighted by molar-refractivity contribution is 6.31. The number of aliphatic hydroxyl groups is 3. The van der Waals surface area contributed by atoms with E-state index in [1.54, 1.807) is 24.3 Å². The molecule has 1 fully saturated rings. The minimum Gasteiger partial charge on any atom is -0.479 e. The molecule has 2 heterocycles. The van der Waals surface area contributed by atoms with Crippen molar-refractivity contribution in [2.75, 3.05) is 0 Å². The second-order valence-electron chi connectivity index (χ2n) is 5.19. The maximum Gasteiger partial charge on any atom is 0.335 e. The molecule has 1 aliphatic heterocycles. The van der Waals surface area contributed by atoms with E-state index in [2.05, 4.69) is 0 Å². The molecular formula is C14H14ClNO7. The number of halogens is 1. The van der Waals surface area contributed by atoms with E-state index in [4.69, 9.17) is 26.3 Å². The maximum absolute atomic E-state index is 11.1. The number of carboxylic acid groups (broad SMARTS) is 1. The minimum absolute atomic E-state index is 0.463. The lowest BCUT2D eigenvalue weighted by molar-refractivity contribution is -0.292. The number of hydrogen-bond donors (Lipinski definition) is 4. The van der Waals surface area contributed by atoms with E-state index in [1.807, 2.05) is 0 Å². The molecule has 0 saturated carbocycles. The normalized spacial score (nSPS) is 31.2. The first kappa shape index (κ1) is 16.0. The zero-order chi connectivity index (χ0) is 16.7. The van der Waals surface area contributed by atoms with Gasteiger partial charge in [-0.25, -0.2) is 4.79 Å². The van der Waals surface area contributed by atoms with E-state index in [9.17, 15) is 20.1 Å². The molecular weight excluding hydrogens is 330 g/mol. The smallest absolute Gasteiger partial charge is 0.335 e. The first-order valence-corrected chi connectivity index (χ1v) is 7.12. The van der Waals surface area contributed by atoms with Crippen LogP contribution < -0.4 is 4.84 Å². The average molecular weight is 344 g/mol. The molecule has 8 nitrogen and oxygen atoms in total. The molecule has 0 radical (unpaired) electrons. The van der Waals surface area contributed by atoms with Gasteiger partial charge in [0.1, 0.15) is 18.3 Å². The average Bonchev–Trinajstić information content (AvgIpc) is 2.89. The Bertz CT molecular complexity index is 733. The van der Waals surface area contributed by atoms with Gasteiger partial charge in [-0.15, -0.1) is 0 Å². The number of rotatable bonds is 3. The molecule has 124 valence electrons. The molecule has 1 saturated heterocycles. The number of benzene rings is 1. The lowest BCUT2D eigenvalue weighted by Crippen LogP contribution is -2.62. The summed E-state index contributed by atoms with van der Waals surface area (Å²) in [6.07, 6.45) is -6.78. The van der Waals surface area contributed by atoms with Crippen LogP contribution in [-0.2, 0) is 9.53 Å². The SMILES string of the molecule is O=C(O)[C@H]1O[C@@H](On2ccc3ccc(Cl)cc32)[C@H](O)[C@@H](O)[C@@H]1O. The van der Waals surface area contributed by atoms with Crippen LogP contribution in [0.2, 0.25) is 5.02 Å². The molecule has 0 amide bonds. The third kappa shape index (κ3) is 2.87. The summed E-state index contributed by atoms with van der Waals surface area (Å²) >= 11 is 5.93. The number of aliphatic carboxylic acids is 1. The van der Waals surface area contributed by atoms with Gasteiger partial charge in [0.15, 0.2) is 6.10 Å². The van der Waals surface area contributed by atoms with Crippen molar-refractivity contribution in [3.63, 3.8) is 0 Å². The topological polar surface area (TPSA) is 121 Å². The van der Waals surface area contributed by atoms with Gasteiger partial charge >= 0.3 is 5.97 Å². The third-order valence-electron chi connectivity index (χ3n) is 3.65. The van der Waals surface area contributed by atoms with Crippen molar-refractivity contribution in [1.29, 1.82) is 0 Å². The van der Waals surface area contributed by atoms with E-state index in [0.717, 1.165) is 5.39 Å². The largest absolute Gasteiger partial charge is 0.479 e. The van der Waals surface area contributed by atoms with Crippen LogP contribution in [0.5, 0.6) is 0 Å². The maximum atomic E-state index is 11.1. The summed E-state index contributed by atoms with van der Waals surface area (Å²) in [5, 5.41) is 39.6. The molecule has 4 N–H and O–H groups in total. The fraction of sp³-hybridized carbons (Fsp3) is 0.357. The molecule has 3 rings (SSSR count). The molecule has 2 aromatic rings. The number of carboxylic acids is 1. The fourth-order valence-corrected chi connectivity index (χ4v) is 2.59. The van der Waals surface area contributed by atoms with Gasteiger partial charge in [0.25, 0.3) is 6.29 Å². The summed E-state index contributed by atoms with van der Waals surface area (Å²) in [7, 11) is 0. The van der Waals surface area contributed by atoms with E-state index in [1.165, 1.54) is 10.9 Å². The highest BCUT2D eigenvalue weighted by atomic mass is 35.5. The number of carbonyl (C=O) groups is 1. The molecule has 9 heteroatoms. The van der Waals surface area contributed by atoms with Crippen LogP contribution in [0.3, 0.4) is 0 Å². The van der Waals surface area contributed by atoms with Gasteiger partial charge in [-0.3, -0.25) is 0 Å². The van der Waals surface area contributed by atoms with Crippen LogP contribution in [0, 0.1) is 0 Å². The van der Waals surface area contributed by atoms with Crippen LogP contribution in [-0.4, -0.2) is 61.8 Å². The zero-order valence-electron chi connectivity index (χ0n) is 11.6. The number of hydrogen-bond acceptors (Lipinski definition) is 6. The highest BCUT2D eigenvalue weighted by Gasteiger charge is 2.48. The standard InChI is InChI=1S/C14H14ClNO7/c15-7-2-1-6-3-4-16(8(6)5-7)23-14-11(19)9(17)10(18)12(22-14)13(20)21/h1-5,9-12,14,17-19H,(H,20,21)/t9-,10-,11+,12-,14-/m0/s1. The molecule has 23 heavy (non-hydrogen) atoms. The van der Waals surface area contributed by atoms with Crippen LogP contribution in [0.4, 0.5) is 0 Å². The van der Waals surface area contributed by atoms with Crippen molar-refractivity contribution >= 4 is 28.5 Å². The monoisotopic (exact) mass is 343 g/mol. The molecule has 0 unspecified atom stereocenters. The lowest BCUT2D eigenvalue weighted by atomic mass is 9.99. The summed E-state index contributed by atoms with van der Waals surface area (Å²) in [5.41, 5.74) is 0.570. The molecule has 1 aromatic carbocycles. The third-order valence-corrected chi connectivity index (χ3v) is 3.88. The van der Waals surface area contributed by atoms with Gasteiger partial charge in [0.05, 0.1) is 5.52 Å². The predicted octanol–water partition coefficient (Wildman–Crippen LogP) is -0.385. The minimum atomic E-state index is -1.77. The van der Waals surface area contributed by atoms with Crippen molar-refractivity contribution in [2.45, 2.75) is 30.7 Å². The zero-order valence-corrected chi connectivity index (χ0v) is 12.4. The Morgan fingerprint density at radius 1 is 1.17 bits per heavy atom. The van der Waals surface area contributed by atoms with E-state index in [-0.39, 0.29) is 0 Å². The molecule has 0 aliphatic carbocycles. The molecule has 5 atom stereocenters. The first-order valence-electron chi connectivity index (χ1n) is 6.74. The fourth-order valence-electron chi connectivity index (χ4n) is 2.42. The van der Waals surface area contributed by atoms with Crippen LogP contribution in [0.1, 0.15) is 0 Å². The van der Waals surface area contributed by atoms with Gasteiger partial charge in [0.2, 0.25) is 0 Å². The van der Waals surface area contributed by atoms with Crippen molar-refractivity contribution in [3.8, 4) is 0 Å². The highest BCUT2D eigenvalue weighted by Crippen LogP contribution is 2.24. The van der Waals surface area contributed by atoms with Crippen LogP contribution in [0.15, 0.2) is 30.5 Å². The van der Waals surface area contributed by atoms with Gasteiger partial charge in [0, 0.05) is 16.6 Å². The van der Waals surface area contributed by atoms with E-state index < -0.39 is 36.7 Å². The van der Waals surface area contributed by atoms with Crippen molar-refractivity contribution in [2.24, 2.45) is 0 Å². The number of nitrogens with zero attached hydrogens (tertiary/aromatic N) is 1. The number of fused-ring (bicyclic) bond motifs is 1. The van der Waals surface area contributed by atoms with Gasteiger partial charge in [-0.05, 0) is 18.2 Å². The van der Waals surface area contributed by atoms with Crippen molar-refractivity contribution in [1.82, 2.24) is 4.73 Å². The Morgan fingerprint density at radius 2 is 1.91 bits per heavy atom. The Balaban J connectivity index is 1.88.